The molecule has 6 heteroatoms. The van der Waals surface area contributed by atoms with E-state index in [1.165, 1.54) is 25.5 Å². The Bertz CT molecular complexity index is 915. The average Bonchev–Trinajstić information content (AvgIpc) is 2.96. The molecule has 0 radical (unpaired) electrons. The Morgan fingerprint density at radius 2 is 1.92 bits per heavy atom. The number of hydrogen-bond donors (Lipinski definition) is 0. The molecular weight excluding hydrogens is 322 g/mol. The van der Waals surface area contributed by atoms with Crippen molar-refractivity contribution in [3.63, 3.8) is 0 Å². The number of benzene rings is 1. The number of nitrogens with zero attached hydrogens (tertiary/aromatic N) is 3. The summed E-state index contributed by atoms with van der Waals surface area (Å²) in [6, 6.07) is 5.11. The first-order chi connectivity index (χ1) is 11.5. The highest BCUT2D eigenvalue weighted by molar-refractivity contribution is 7.90. The van der Waals surface area contributed by atoms with Gasteiger partial charge in [0, 0.05) is 18.2 Å². The van der Waals surface area contributed by atoms with Crippen molar-refractivity contribution in [1.29, 1.82) is 0 Å². The second-order valence-corrected chi connectivity index (χ2v) is 8.84. The van der Waals surface area contributed by atoms with Crippen molar-refractivity contribution in [2.24, 2.45) is 0 Å². The van der Waals surface area contributed by atoms with Gasteiger partial charge in [-0.05, 0) is 31.0 Å². The summed E-state index contributed by atoms with van der Waals surface area (Å²) < 4.78 is 23.9. The molecule has 0 saturated heterocycles. The Labute approximate surface area is 142 Å². The minimum absolute atomic E-state index is 0.0284. The van der Waals surface area contributed by atoms with E-state index in [1.54, 1.807) is 24.5 Å². The molecule has 0 bridgehead atoms. The second-order valence-electron chi connectivity index (χ2n) is 6.83. The molecule has 1 aromatic carbocycles. The van der Waals surface area contributed by atoms with Crippen molar-refractivity contribution < 1.29 is 8.42 Å². The first-order valence-electron chi connectivity index (χ1n) is 8.40. The number of hydrogen-bond acceptors (Lipinski definition) is 5. The second kappa shape index (κ2) is 5.55. The van der Waals surface area contributed by atoms with Crippen LogP contribution < -0.4 is 4.90 Å². The van der Waals surface area contributed by atoms with Gasteiger partial charge in [-0.2, -0.15) is 0 Å². The number of rotatable bonds is 2. The number of fused-ring (bicyclic) bond motifs is 1. The predicted molar refractivity (Wildman–Crippen MR) is 94.9 cm³/mol. The molecule has 5 nitrogen and oxygen atoms in total. The lowest BCUT2D eigenvalue weighted by atomic mass is 9.81. The molecular formula is C18H21N3O2S. The summed E-state index contributed by atoms with van der Waals surface area (Å²) in [6.45, 7) is 0.815. The predicted octanol–water partition coefficient (Wildman–Crippen LogP) is 3.11. The van der Waals surface area contributed by atoms with Crippen LogP contribution in [-0.2, 0) is 9.84 Å². The van der Waals surface area contributed by atoms with Crippen LogP contribution in [0.5, 0.6) is 0 Å². The smallest absolute Gasteiger partial charge is 0.175 e. The van der Waals surface area contributed by atoms with Crippen molar-refractivity contribution in [3.05, 3.63) is 36.7 Å². The Hall–Kier alpha value is -1.95. The van der Waals surface area contributed by atoms with Gasteiger partial charge in [0.15, 0.2) is 9.84 Å². The van der Waals surface area contributed by atoms with Gasteiger partial charge in [0.1, 0.15) is 12.1 Å². The SMILES string of the molecule is CS(=O)(=O)c1ccc2ncnc(N3CC=CC34CCCCC4)c2c1. The van der Waals surface area contributed by atoms with E-state index in [9.17, 15) is 8.42 Å². The highest BCUT2D eigenvalue weighted by Gasteiger charge is 2.39. The van der Waals surface area contributed by atoms with Gasteiger partial charge in [-0.1, -0.05) is 31.4 Å². The van der Waals surface area contributed by atoms with E-state index in [0.717, 1.165) is 36.1 Å². The molecule has 1 aliphatic carbocycles. The summed E-state index contributed by atoms with van der Waals surface area (Å²) in [7, 11) is -3.26. The Kier molecular flexibility index (Phi) is 3.60. The normalized spacial score (nSPS) is 20.1. The van der Waals surface area contributed by atoms with Gasteiger partial charge < -0.3 is 4.90 Å². The van der Waals surface area contributed by atoms with Gasteiger partial charge in [0.05, 0.1) is 16.0 Å². The summed E-state index contributed by atoms with van der Waals surface area (Å²) >= 11 is 0. The highest BCUT2D eigenvalue weighted by atomic mass is 32.2. The lowest BCUT2D eigenvalue weighted by Gasteiger charge is -2.42. The lowest BCUT2D eigenvalue weighted by Crippen LogP contribution is -2.46. The molecule has 0 N–H and O–H groups in total. The summed E-state index contributed by atoms with van der Waals surface area (Å²) in [5.74, 6) is 0.845. The lowest BCUT2D eigenvalue weighted by molar-refractivity contribution is 0.349. The largest absolute Gasteiger partial charge is 0.343 e. The minimum Gasteiger partial charge on any atom is -0.343 e. The van der Waals surface area contributed by atoms with Crippen molar-refractivity contribution in [3.8, 4) is 0 Å². The molecule has 1 saturated carbocycles. The van der Waals surface area contributed by atoms with E-state index >= 15 is 0 Å². The molecule has 1 spiro atoms. The molecule has 2 aromatic rings. The number of sulfone groups is 1. The average molecular weight is 343 g/mol. The van der Waals surface area contributed by atoms with Crippen LogP contribution in [0.2, 0.25) is 0 Å². The Morgan fingerprint density at radius 3 is 2.67 bits per heavy atom. The zero-order valence-corrected chi connectivity index (χ0v) is 14.6. The van der Waals surface area contributed by atoms with Crippen molar-refractivity contribution in [1.82, 2.24) is 9.97 Å². The molecule has 126 valence electrons. The minimum atomic E-state index is -3.26. The maximum Gasteiger partial charge on any atom is 0.175 e. The van der Waals surface area contributed by atoms with Crippen LogP contribution in [0.25, 0.3) is 10.9 Å². The van der Waals surface area contributed by atoms with Gasteiger partial charge >= 0.3 is 0 Å². The fraction of sp³-hybridized carbons (Fsp3) is 0.444. The quantitative estimate of drug-likeness (QED) is 0.784. The van der Waals surface area contributed by atoms with E-state index in [2.05, 4.69) is 27.0 Å². The van der Waals surface area contributed by atoms with Crippen LogP contribution in [0.15, 0.2) is 41.6 Å². The number of anilines is 1. The summed E-state index contributed by atoms with van der Waals surface area (Å²) in [6.07, 6.45) is 13.3. The molecule has 2 aliphatic rings. The van der Waals surface area contributed by atoms with Gasteiger partial charge in [-0.15, -0.1) is 0 Å². The molecule has 1 fully saturated rings. The van der Waals surface area contributed by atoms with Crippen molar-refractivity contribution >= 4 is 26.6 Å². The fourth-order valence-corrected chi connectivity index (χ4v) is 4.66. The van der Waals surface area contributed by atoms with E-state index in [4.69, 9.17) is 0 Å². The molecule has 0 amide bonds. The van der Waals surface area contributed by atoms with Crippen LogP contribution in [0.4, 0.5) is 5.82 Å². The van der Waals surface area contributed by atoms with E-state index < -0.39 is 9.84 Å². The van der Waals surface area contributed by atoms with Gasteiger partial charge in [-0.25, -0.2) is 18.4 Å². The van der Waals surface area contributed by atoms with Crippen molar-refractivity contribution in [2.45, 2.75) is 42.5 Å². The van der Waals surface area contributed by atoms with E-state index in [-0.39, 0.29) is 5.54 Å². The molecule has 1 aromatic heterocycles. The number of aromatic nitrogens is 2. The molecule has 4 rings (SSSR count). The topological polar surface area (TPSA) is 63.2 Å². The van der Waals surface area contributed by atoms with Crippen LogP contribution >= 0.6 is 0 Å². The van der Waals surface area contributed by atoms with Crippen molar-refractivity contribution in [2.75, 3.05) is 17.7 Å². The molecule has 2 heterocycles. The molecule has 0 unspecified atom stereocenters. The van der Waals surface area contributed by atoms with E-state index in [0.29, 0.717) is 4.90 Å². The first-order valence-corrected chi connectivity index (χ1v) is 10.3. The maximum atomic E-state index is 11.9. The highest BCUT2D eigenvalue weighted by Crippen LogP contribution is 2.41. The van der Waals surface area contributed by atoms with Crippen LogP contribution in [0, 0.1) is 0 Å². The molecule has 1 aliphatic heterocycles. The fourth-order valence-electron chi connectivity index (χ4n) is 4.02. The van der Waals surface area contributed by atoms with Gasteiger partial charge in [0.25, 0.3) is 0 Å². The Morgan fingerprint density at radius 1 is 1.12 bits per heavy atom. The zero-order valence-electron chi connectivity index (χ0n) is 13.8. The standard InChI is InChI=1S/C18H21N3O2S/c1-24(22,23)14-6-7-16-15(12-14)17(20-13-19-16)21-11-5-10-18(21)8-3-2-4-9-18/h5-7,10,12-13H,2-4,8-9,11H2,1H3. The first kappa shape index (κ1) is 15.6. The molecule has 0 atom stereocenters. The third-order valence-electron chi connectivity index (χ3n) is 5.24. The third kappa shape index (κ3) is 2.49. The van der Waals surface area contributed by atoms with Crippen LogP contribution in [0.3, 0.4) is 0 Å². The van der Waals surface area contributed by atoms with Crippen LogP contribution in [0.1, 0.15) is 32.1 Å². The monoisotopic (exact) mass is 343 g/mol. The summed E-state index contributed by atoms with van der Waals surface area (Å²) in [5.41, 5.74) is 0.811. The van der Waals surface area contributed by atoms with Gasteiger partial charge in [0.2, 0.25) is 0 Å². The molecule has 24 heavy (non-hydrogen) atoms. The Balaban J connectivity index is 1.87. The van der Waals surface area contributed by atoms with Crippen LogP contribution in [-0.4, -0.2) is 36.7 Å². The zero-order chi connectivity index (χ0) is 16.8. The maximum absolute atomic E-state index is 11.9. The van der Waals surface area contributed by atoms with Gasteiger partial charge in [-0.3, -0.25) is 0 Å². The van der Waals surface area contributed by atoms with E-state index in [1.807, 2.05) is 0 Å². The summed E-state index contributed by atoms with van der Waals surface area (Å²) in [4.78, 5) is 11.5. The summed E-state index contributed by atoms with van der Waals surface area (Å²) in [5, 5.41) is 0.814. The third-order valence-corrected chi connectivity index (χ3v) is 6.35.